The van der Waals surface area contributed by atoms with Gasteiger partial charge in [-0.25, -0.2) is 4.98 Å². The van der Waals surface area contributed by atoms with Gasteiger partial charge in [-0.05, 0) is 99.8 Å². The summed E-state index contributed by atoms with van der Waals surface area (Å²) < 4.78 is 8.87. The van der Waals surface area contributed by atoms with Crippen LogP contribution in [0.2, 0.25) is 0 Å². The number of rotatable bonds is 5. The zero-order chi connectivity index (χ0) is 36.0. The highest BCUT2D eigenvalue weighted by molar-refractivity contribution is 6.22. The lowest BCUT2D eigenvalue weighted by Gasteiger charge is -2.32. The highest BCUT2D eigenvalue weighted by Crippen LogP contribution is 2.54. The average Bonchev–Trinajstić information content (AvgIpc) is 3.87. The van der Waals surface area contributed by atoms with E-state index in [1.165, 1.54) is 54.8 Å². The largest absolute Gasteiger partial charge is 0.436 e. The van der Waals surface area contributed by atoms with E-state index < -0.39 is 0 Å². The Morgan fingerprint density at radius 2 is 1.28 bits per heavy atom. The van der Waals surface area contributed by atoms with Gasteiger partial charge in [-0.1, -0.05) is 117 Å². The third-order valence-corrected chi connectivity index (χ3v) is 11.4. The van der Waals surface area contributed by atoms with Crippen LogP contribution >= 0.6 is 0 Å². The van der Waals surface area contributed by atoms with Crippen LogP contribution in [0.25, 0.3) is 71.9 Å². The Morgan fingerprint density at radius 1 is 0.574 bits per heavy atom. The quantitative estimate of drug-likeness (QED) is 0.180. The van der Waals surface area contributed by atoms with Crippen LogP contribution in [0.1, 0.15) is 25.0 Å². The number of aromatic nitrogens is 2. The molecule has 0 saturated heterocycles. The van der Waals surface area contributed by atoms with Crippen molar-refractivity contribution in [3.8, 4) is 28.3 Å². The molecule has 8 aromatic carbocycles. The normalized spacial score (nSPS) is 13.1. The Bertz CT molecular complexity index is 3080. The molecule has 0 atom stereocenters. The maximum atomic E-state index is 6.48. The number of hydrogen-bond acceptors (Lipinski definition) is 3. The van der Waals surface area contributed by atoms with Gasteiger partial charge < -0.3 is 13.9 Å². The number of para-hydroxylation sites is 2. The van der Waals surface area contributed by atoms with Crippen molar-refractivity contribution in [2.24, 2.45) is 0 Å². The SMILES string of the molecule is CC1(C)c2ccccc2-c2cccc(N(c3ccc4nc(-c5ccccc5)oc4c3)c3ccc4ccc5c(c4c3)c3ccccc3n5-c3ccccc3)c21. The summed E-state index contributed by atoms with van der Waals surface area (Å²) in [5, 5.41) is 4.90. The maximum absolute atomic E-state index is 6.48. The molecule has 10 aromatic rings. The first-order chi connectivity index (χ1) is 26.5. The number of oxazole rings is 1. The van der Waals surface area contributed by atoms with Gasteiger partial charge in [0.15, 0.2) is 5.58 Å². The molecule has 0 radical (unpaired) electrons. The predicted molar refractivity (Wildman–Crippen MR) is 224 cm³/mol. The van der Waals surface area contributed by atoms with E-state index in [0.29, 0.717) is 5.89 Å². The van der Waals surface area contributed by atoms with E-state index in [2.05, 4.69) is 169 Å². The molecule has 1 aliphatic rings. The van der Waals surface area contributed by atoms with Gasteiger partial charge in [-0.15, -0.1) is 0 Å². The summed E-state index contributed by atoms with van der Waals surface area (Å²) in [5.41, 5.74) is 14.3. The number of anilines is 3. The fourth-order valence-corrected chi connectivity index (χ4v) is 8.96. The Hall–Kier alpha value is -6.91. The third-order valence-electron chi connectivity index (χ3n) is 11.4. The van der Waals surface area contributed by atoms with E-state index in [9.17, 15) is 0 Å². The second-order valence-corrected chi connectivity index (χ2v) is 14.8. The van der Waals surface area contributed by atoms with Crippen molar-refractivity contribution in [1.29, 1.82) is 0 Å². The molecule has 2 heterocycles. The van der Waals surface area contributed by atoms with E-state index in [1.807, 2.05) is 30.3 Å². The summed E-state index contributed by atoms with van der Waals surface area (Å²) in [6, 6.07) is 63.0. The molecule has 11 rings (SSSR count). The van der Waals surface area contributed by atoms with Gasteiger partial charge in [0.1, 0.15) is 5.52 Å². The zero-order valence-electron chi connectivity index (χ0n) is 30.0. The Balaban J connectivity index is 1.18. The molecule has 0 fully saturated rings. The molecule has 0 unspecified atom stereocenters. The van der Waals surface area contributed by atoms with Crippen LogP contribution in [-0.4, -0.2) is 9.55 Å². The van der Waals surface area contributed by atoms with Crippen LogP contribution < -0.4 is 4.90 Å². The van der Waals surface area contributed by atoms with Crippen molar-refractivity contribution in [3.05, 3.63) is 187 Å². The molecule has 0 N–H and O–H groups in total. The van der Waals surface area contributed by atoms with Crippen molar-refractivity contribution in [2.75, 3.05) is 4.90 Å². The Labute approximate surface area is 313 Å². The first-order valence-electron chi connectivity index (χ1n) is 18.6. The van der Waals surface area contributed by atoms with Gasteiger partial charge in [0.25, 0.3) is 0 Å². The smallest absolute Gasteiger partial charge is 0.227 e. The summed E-state index contributed by atoms with van der Waals surface area (Å²) in [5.74, 6) is 0.620. The second-order valence-electron chi connectivity index (χ2n) is 14.8. The van der Waals surface area contributed by atoms with E-state index in [4.69, 9.17) is 9.40 Å². The molecule has 4 heteroatoms. The Morgan fingerprint density at radius 3 is 2.15 bits per heavy atom. The van der Waals surface area contributed by atoms with Crippen LogP contribution in [0.4, 0.5) is 17.1 Å². The standard InChI is InChI=1S/C50H35N3O/c1-50(2)41-21-11-9-18-37(41)38-20-13-23-45(48(38)50)52(36-27-28-42-46(31-36)54-49(51-42)33-14-5-3-6-15-33)35-26-24-32-25-29-44-47(40(32)30-35)39-19-10-12-22-43(39)53(44)34-16-7-4-8-17-34/h3-31H,1-2H3. The zero-order valence-corrected chi connectivity index (χ0v) is 30.0. The Kier molecular flexibility index (Phi) is 6.56. The van der Waals surface area contributed by atoms with Gasteiger partial charge >= 0.3 is 0 Å². The van der Waals surface area contributed by atoms with E-state index in [-0.39, 0.29) is 5.41 Å². The molecule has 54 heavy (non-hydrogen) atoms. The van der Waals surface area contributed by atoms with Crippen molar-refractivity contribution < 1.29 is 4.42 Å². The molecule has 0 amide bonds. The van der Waals surface area contributed by atoms with Crippen molar-refractivity contribution in [1.82, 2.24) is 9.55 Å². The van der Waals surface area contributed by atoms with E-state index >= 15 is 0 Å². The number of nitrogens with zero attached hydrogens (tertiary/aromatic N) is 3. The summed E-state index contributed by atoms with van der Waals surface area (Å²) in [7, 11) is 0. The second kappa shape index (κ2) is 11.5. The van der Waals surface area contributed by atoms with Gasteiger partial charge in [0, 0.05) is 44.9 Å². The number of benzene rings is 8. The molecule has 1 aliphatic carbocycles. The minimum absolute atomic E-state index is 0.217. The molecule has 0 aliphatic heterocycles. The van der Waals surface area contributed by atoms with Crippen LogP contribution in [-0.2, 0) is 5.41 Å². The lowest BCUT2D eigenvalue weighted by atomic mass is 9.81. The summed E-state index contributed by atoms with van der Waals surface area (Å²) >= 11 is 0. The first-order valence-corrected chi connectivity index (χ1v) is 18.6. The molecule has 2 aromatic heterocycles. The summed E-state index contributed by atoms with van der Waals surface area (Å²) in [6.07, 6.45) is 0. The van der Waals surface area contributed by atoms with Gasteiger partial charge in [0.2, 0.25) is 5.89 Å². The van der Waals surface area contributed by atoms with Gasteiger partial charge in [-0.3, -0.25) is 0 Å². The fraction of sp³-hybridized carbons (Fsp3) is 0.0600. The van der Waals surface area contributed by atoms with Crippen molar-refractivity contribution in [3.63, 3.8) is 0 Å². The molecular formula is C50H35N3O. The lowest BCUT2D eigenvalue weighted by molar-refractivity contribution is 0.620. The molecule has 0 spiro atoms. The predicted octanol–water partition coefficient (Wildman–Crippen LogP) is 13.5. The van der Waals surface area contributed by atoms with Crippen LogP contribution in [0.3, 0.4) is 0 Å². The van der Waals surface area contributed by atoms with Crippen molar-refractivity contribution >= 4 is 60.7 Å². The minimum atomic E-state index is -0.217. The highest BCUT2D eigenvalue weighted by Gasteiger charge is 2.38. The van der Waals surface area contributed by atoms with Crippen LogP contribution in [0.15, 0.2) is 180 Å². The van der Waals surface area contributed by atoms with Gasteiger partial charge in [0.05, 0.1) is 16.7 Å². The van der Waals surface area contributed by atoms with Gasteiger partial charge in [-0.2, -0.15) is 0 Å². The molecule has 4 nitrogen and oxygen atoms in total. The maximum Gasteiger partial charge on any atom is 0.227 e. The average molecular weight is 694 g/mol. The van der Waals surface area contributed by atoms with E-state index in [0.717, 1.165) is 39.4 Å². The topological polar surface area (TPSA) is 34.2 Å². The van der Waals surface area contributed by atoms with Crippen LogP contribution in [0.5, 0.6) is 0 Å². The van der Waals surface area contributed by atoms with E-state index in [1.54, 1.807) is 0 Å². The fourth-order valence-electron chi connectivity index (χ4n) is 8.96. The summed E-state index contributed by atoms with van der Waals surface area (Å²) in [4.78, 5) is 7.30. The third kappa shape index (κ3) is 4.47. The van der Waals surface area contributed by atoms with Crippen molar-refractivity contribution in [2.45, 2.75) is 19.3 Å². The number of hydrogen-bond donors (Lipinski definition) is 0. The van der Waals surface area contributed by atoms with Crippen LogP contribution in [0, 0.1) is 0 Å². The number of fused-ring (bicyclic) bond motifs is 9. The monoisotopic (exact) mass is 693 g/mol. The molecule has 0 saturated carbocycles. The molecule has 0 bridgehead atoms. The molecular weight excluding hydrogens is 659 g/mol. The lowest BCUT2D eigenvalue weighted by Crippen LogP contribution is -2.20. The summed E-state index contributed by atoms with van der Waals surface area (Å²) in [6.45, 7) is 4.71. The highest BCUT2D eigenvalue weighted by atomic mass is 16.3. The minimum Gasteiger partial charge on any atom is -0.436 e. The first kappa shape index (κ1) is 30.7. The molecule has 256 valence electrons.